The minimum Gasteiger partial charge on any atom is -0.370 e. The number of rotatable bonds is 6. The van der Waals surface area contributed by atoms with Gasteiger partial charge in [-0.05, 0) is 67.3 Å². The number of nitrogens with one attached hydrogen (secondary N) is 2. The van der Waals surface area contributed by atoms with Gasteiger partial charge >= 0.3 is 0 Å². The van der Waals surface area contributed by atoms with Gasteiger partial charge in [0.1, 0.15) is 6.04 Å². The molecule has 1 fully saturated rings. The molecule has 4 rings (SSSR count). The zero-order valence-corrected chi connectivity index (χ0v) is 17.9. The van der Waals surface area contributed by atoms with Gasteiger partial charge < -0.3 is 15.5 Å². The molecule has 0 spiro atoms. The molecule has 2 amide bonds. The third-order valence-corrected chi connectivity index (χ3v) is 5.61. The summed E-state index contributed by atoms with van der Waals surface area (Å²) in [6.07, 6.45) is 1.50. The number of nitrogens with zero attached hydrogens (tertiary/aromatic N) is 1. The molecule has 1 aliphatic heterocycles. The summed E-state index contributed by atoms with van der Waals surface area (Å²) in [5, 5.41) is 6.44. The molecule has 1 unspecified atom stereocenters. The second kappa shape index (κ2) is 9.04. The molecule has 158 valence electrons. The van der Waals surface area contributed by atoms with Gasteiger partial charge in [-0.3, -0.25) is 9.59 Å². The molecule has 2 N–H and O–H groups in total. The molecule has 0 aromatic heterocycles. The van der Waals surface area contributed by atoms with Crippen molar-refractivity contribution in [3.8, 4) is 0 Å². The number of carbonyl (C=O) groups is 2. The van der Waals surface area contributed by atoms with E-state index in [0.717, 1.165) is 46.7 Å². The van der Waals surface area contributed by atoms with Gasteiger partial charge in [-0.1, -0.05) is 42.5 Å². The predicted molar refractivity (Wildman–Crippen MR) is 125 cm³/mol. The van der Waals surface area contributed by atoms with Crippen molar-refractivity contribution in [3.63, 3.8) is 0 Å². The van der Waals surface area contributed by atoms with Gasteiger partial charge in [-0.15, -0.1) is 0 Å². The minimum absolute atomic E-state index is 0.126. The van der Waals surface area contributed by atoms with Crippen molar-refractivity contribution in [3.05, 3.63) is 89.5 Å². The molecule has 3 aromatic rings. The number of aryl methyl sites for hydroxylation is 2. The van der Waals surface area contributed by atoms with Gasteiger partial charge in [0.25, 0.3) is 5.91 Å². The Balaban J connectivity index is 1.56. The van der Waals surface area contributed by atoms with Crippen LogP contribution in [-0.4, -0.2) is 18.4 Å². The van der Waals surface area contributed by atoms with Crippen LogP contribution in [0.5, 0.6) is 0 Å². The second-order valence-corrected chi connectivity index (χ2v) is 7.99. The fraction of sp³-hybridized carbons (Fsp3) is 0.231. The van der Waals surface area contributed by atoms with Crippen LogP contribution in [0.2, 0.25) is 0 Å². The molecule has 0 bridgehead atoms. The second-order valence-electron chi connectivity index (χ2n) is 7.99. The van der Waals surface area contributed by atoms with Crippen LogP contribution in [0.3, 0.4) is 0 Å². The first-order chi connectivity index (χ1) is 15.0. The molecule has 1 atom stereocenters. The van der Waals surface area contributed by atoms with E-state index in [9.17, 15) is 9.59 Å². The third kappa shape index (κ3) is 4.77. The fourth-order valence-electron chi connectivity index (χ4n) is 3.85. The van der Waals surface area contributed by atoms with Gasteiger partial charge in [0.2, 0.25) is 5.91 Å². The molecule has 0 radical (unpaired) electrons. The van der Waals surface area contributed by atoms with Crippen molar-refractivity contribution in [1.82, 2.24) is 0 Å². The number of carbonyl (C=O) groups excluding carboxylic acids is 2. The average molecular weight is 414 g/mol. The SMILES string of the molecule is Cc1ccc(C)c(NC(=O)C(Nc2ccc(N3CCCC3=O)cc2)c2ccccc2)c1. The number of amides is 2. The lowest BCUT2D eigenvalue weighted by atomic mass is 10.0. The van der Waals surface area contributed by atoms with E-state index < -0.39 is 6.04 Å². The van der Waals surface area contributed by atoms with E-state index in [0.29, 0.717) is 6.42 Å². The van der Waals surface area contributed by atoms with Crippen LogP contribution in [0, 0.1) is 13.8 Å². The maximum Gasteiger partial charge on any atom is 0.251 e. The maximum absolute atomic E-state index is 13.3. The predicted octanol–water partition coefficient (Wildman–Crippen LogP) is 5.22. The molecular weight excluding hydrogens is 386 g/mol. The van der Waals surface area contributed by atoms with Gasteiger partial charge in [0.05, 0.1) is 0 Å². The molecular formula is C26H27N3O2. The summed E-state index contributed by atoms with van der Waals surface area (Å²) in [7, 11) is 0. The first kappa shape index (κ1) is 20.7. The van der Waals surface area contributed by atoms with E-state index in [2.05, 4.69) is 10.6 Å². The molecule has 5 heteroatoms. The van der Waals surface area contributed by atoms with Crippen molar-refractivity contribution in [2.24, 2.45) is 0 Å². The van der Waals surface area contributed by atoms with Crippen molar-refractivity contribution in [2.45, 2.75) is 32.7 Å². The normalized spacial score (nSPS) is 14.4. The Kier molecular flexibility index (Phi) is 6.03. The highest BCUT2D eigenvalue weighted by Crippen LogP contribution is 2.27. The van der Waals surface area contributed by atoms with Crippen molar-refractivity contribution in [2.75, 3.05) is 22.1 Å². The minimum atomic E-state index is -0.555. The Labute approximate surface area is 183 Å². The van der Waals surface area contributed by atoms with Crippen LogP contribution in [-0.2, 0) is 9.59 Å². The average Bonchev–Trinajstić information content (AvgIpc) is 3.21. The highest BCUT2D eigenvalue weighted by atomic mass is 16.2. The molecule has 3 aromatic carbocycles. The first-order valence-corrected chi connectivity index (χ1v) is 10.6. The van der Waals surface area contributed by atoms with E-state index in [-0.39, 0.29) is 11.8 Å². The Hall–Kier alpha value is -3.60. The summed E-state index contributed by atoms with van der Waals surface area (Å²) in [5.41, 5.74) is 5.52. The molecule has 5 nitrogen and oxygen atoms in total. The number of hydrogen-bond donors (Lipinski definition) is 2. The van der Waals surface area contributed by atoms with E-state index in [1.54, 1.807) is 0 Å². The van der Waals surface area contributed by atoms with E-state index >= 15 is 0 Å². The zero-order chi connectivity index (χ0) is 21.8. The topological polar surface area (TPSA) is 61.4 Å². The smallest absolute Gasteiger partial charge is 0.251 e. The van der Waals surface area contributed by atoms with Crippen LogP contribution >= 0.6 is 0 Å². The summed E-state index contributed by atoms with van der Waals surface area (Å²) in [5.74, 6) is 0.0365. The molecule has 1 saturated heterocycles. The summed E-state index contributed by atoms with van der Waals surface area (Å²) in [4.78, 5) is 27.1. The van der Waals surface area contributed by atoms with Gasteiger partial charge in [-0.25, -0.2) is 0 Å². The van der Waals surface area contributed by atoms with Crippen molar-refractivity contribution in [1.29, 1.82) is 0 Å². The van der Waals surface area contributed by atoms with Crippen molar-refractivity contribution < 1.29 is 9.59 Å². The summed E-state index contributed by atoms with van der Waals surface area (Å²) in [6, 6.07) is 22.8. The Morgan fingerprint density at radius 1 is 0.968 bits per heavy atom. The van der Waals surface area contributed by atoms with Crippen LogP contribution < -0.4 is 15.5 Å². The van der Waals surface area contributed by atoms with Crippen LogP contribution in [0.4, 0.5) is 17.1 Å². The molecule has 0 aliphatic carbocycles. The quantitative estimate of drug-likeness (QED) is 0.582. The van der Waals surface area contributed by atoms with E-state index in [1.807, 2.05) is 91.5 Å². The van der Waals surface area contributed by atoms with Crippen LogP contribution in [0.15, 0.2) is 72.8 Å². The first-order valence-electron chi connectivity index (χ1n) is 10.6. The van der Waals surface area contributed by atoms with Crippen LogP contribution in [0.25, 0.3) is 0 Å². The van der Waals surface area contributed by atoms with Gasteiger partial charge in [0.15, 0.2) is 0 Å². The number of benzene rings is 3. The third-order valence-electron chi connectivity index (χ3n) is 5.61. The molecule has 1 aliphatic rings. The number of hydrogen-bond acceptors (Lipinski definition) is 3. The highest BCUT2D eigenvalue weighted by Gasteiger charge is 2.23. The van der Waals surface area contributed by atoms with E-state index in [1.165, 1.54) is 0 Å². The Bertz CT molecular complexity index is 1080. The van der Waals surface area contributed by atoms with Crippen LogP contribution in [0.1, 0.15) is 35.6 Å². The molecule has 1 heterocycles. The zero-order valence-electron chi connectivity index (χ0n) is 17.9. The lowest BCUT2D eigenvalue weighted by Crippen LogP contribution is -2.27. The van der Waals surface area contributed by atoms with E-state index in [4.69, 9.17) is 0 Å². The fourth-order valence-corrected chi connectivity index (χ4v) is 3.85. The summed E-state index contributed by atoms with van der Waals surface area (Å²) < 4.78 is 0. The summed E-state index contributed by atoms with van der Waals surface area (Å²) in [6.45, 7) is 4.75. The largest absolute Gasteiger partial charge is 0.370 e. The Morgan fingerprint density at radius 3 is 2.39 bits per heavy atom. The molecule has 31 heavy (non-hydrogen) atoms. The Morgan fingerprint density at radius 2 is 1.71 bits per heavy atom. The van der Waals surface area contributed by atoms with Crippen molar-refractivity contribution >= 4 is 28.9 Å². The highest BCUT2D eigenvalue weighted by molar-refractivity contribution is 5.98. The monoisotopic (exact) mass is 413 g/mol. The summed E-state index contributed by atoms with van der Waals surface area (Å²) >= 11 is 0. The standard InChI is InChI=1S/C26H27N3O2/c1-18-10-11-19(2)23(17-18)28-26(31)25(20-7-4-3-5-8-20)27-21-12-14-22(15-13-21)29-16-6-9-24(29)30/h3-5,7-8,10-15,17,25,27H,6,9,16H2,1-2H3,(H,28,31). The maximum atomic E-state index is 13.3. The molecule has 0 saturated carbocycles. The number of anilines is 3. The van der Waals surface area contributed by atoms with Gasteiger partial charge in [-0.2, -0.15) is 0 Å². The lowest BCUT2D eigenvalue weighted by molar-refractivity contribution is -0.117. The lowest BCUT2D eigenvalue weighted by Gasteiger charge is -2.22. The van der Waals surface area contributed by atoms with Gasteiger partial charge in [0, 0.05) is 30.0 Å².